The Balaban J connectivity index is 2.09. The minimum atomic E-state index is -0.142. The first kappa shape index (κ1) is 16.0. The molecule has 3 heteroatoms. The van der Waals surface area contributed by atoms with E-state index in [2.05, 4.69) is 36.3 Å². The number of carbonyl (C=O) groups is 1. The molecule has 114 valence electrons. The first-order chi connectivity index (χ1) is 10.4. The van der Waals surface area contributed by atoms with Crippen LogP contribution >= 0.6 is 0 Å². The van der Waals surface area contributed by atoms with E-state index in [0.29, 0.717) is 17.3 Å². The lowest BCUT2D eigenvalue weighted by Gasteiger charge is -2.07. The zero-order valence-corrected chi connectivity index (χ0v) is 13.6. The Bertz CT molecular complexity index is 665. The summed E-state index contributed by atoms with van der Waals surface area (Å²) in [5, 5.41) is 2.84. The van der Waals surface area contributed by atoms with Crippen LogP contribution in [0.5, 0.6) is 0 Å². The predicted molar refractivity (Wildman–Crippen MR) is 92.0 cm³/mol. The molecule has 1 aromatic heterocycles. The van der Waals surface area contributed by atoms with Gasteiger partial charge in [-0.25, -0.2) is 4.98 Å². The summed E-state index contributed by atoms with van der Waals surface area (Å²) in [7, 11) is 0. The maximum atomic E-state index is 12.2. The van der Waals surface area contributed by atoms with Crippen molar-refractivity contribution in [2.45, 2.75) is 27.7 Å². The van der Waals surface area contributed by atoms with Gasteiger partial charge in [-0.1, -0.05) is 38.1 Å². The second-order valence-corrected chi connectivity index (χ2v) is 5.85. The van der Waals surface area contributed by atoms with E-state index in [1.807, 2.05) is 50.2 Å². The molecule has 22 heavy (non-hydrogen) atoms. The molecule has 1 aromatic carbocycles. The minimum Gasteiger partial charge on any atom is -0.307 e. The van der Waals surface area contributed by atoms with E-state index in [-0.39, 0.29) is 5.91 Å². The number of benzene rings is 1. The normalized spacial score (nSPS) is 11.1. The van der Waals surface area contributed by atoms with Crippen molar-refractivity contribution in [1.29, 1.82) is 0 Å². The minimum absolute atomic E-state index is 0.142. The summed E-state index contributed by atoms with van der Waals surface area (Å²) in [6, 6.07) is 11.4. The van der Waals surface area contributed by atoms with Gasteiger partial charge >= 0.3 is 0 Å². The molecule has 0 spiro atoms. The van der Waals surface area contributed by atoms with Crippen LogP contribution in [0.1, 0.15) is 41.0 Å². The van der Waals surface area contributed by atoms with Crippen molar-refractivity contribution < 1.29 is 4.79 Å². The van der Waals surface area contributed by atoms with Gasteiger partial charge in [0, 0.05) is 11.3 Å². The van der Waals surface area contributed by atoms with E-state index < -0.39 is 0 Å². The lowest BCUT2D eigenvalue weighted by atomic mass is 10.1. The number of nitrogens with zero attached hydrogens (tertiary/aromatic N) is 1. The molecule has 0 radical (unpaired) electrons. The fourth-order valence-corrected chi connectivity index (χ4v) is 2.14. The molecule has 1 heterocycles. The second kappa shape index (κ2) is 7.03. The van der Waals surface area contributed by atoms with Crippen LogP contribution in [0.3, 0.4) is 0 Å². The molecule has 0 unspecified atom stereocenters. The number of allylic oxidation sites excluding steroid dienone is 1. The van der Waals surface area contributed by atoms with Gasteiger partial charge in [-0.15, -0.1) is 0 Å². The number of aromatic nitrogens is 1. The van der Waals surface area contributed by atoms with Crippen molar-refractivity contribution in [1.82, 2.24) is 4.98 Å². The molecular weight excluding hydrogens is 272 g/mol. The maximum absolute atomic E-state index is 12.2. The fourth-order valence-electron chi connectivity index (χ4n) is 2.14. The van der Waals surface area contributed by atoms with E-state index in [0.717, 1.165) is 16.8 Å². The van der Waals surface area contributed by atoms with Gasteiger partial charge in [0.1, 0.15) is 5.82 Å². The first-order valence-electron chi connectivity index (χ1n) is 7.49. The topological polar surface area (TPSA) is 42.0 Å². The third-order valence-electron chi connectivity index (χ3n) is 3.19. The van der Waals surface area contributed by atoms with E-state index >= 15 is 0 Å². The van der Waals surface area contributed by atoms with Gasteiger partial charge in [0.05, 0.1) is 0 Å². The van der Waals surface area contributed by atoms with Crippen molar-refractivity contribution in [2.24, 2.45) is 5.92 Å². The summed E-state index contributed by atoms with van der Waals surface area (Å²) < 4.78 is 0. The van der Waals surface area contributed by atoms with Crippen LogP contribution in [0.25, 0.3) is 6.08 Å². The zero-order chi connectivity index (χ0) is 16.1. The highest BCUT2D eigenvalue weighted by Crippen LogP contribution is 2.12. The number of amides is 1. The van der Waals surface area contributed by atoms with E-state index in [1.165, 1.54) is 0 Å². The quantitative estimate of drug-likeness (QED) is 0.894. The molecular formula is C19H22N2O. The first-order valence-corrected chi connectivity index (χ1v) is 7.49. The van der Waals surface area contributed by atoms with Gasteiger partial charge < -0.3 is 5.32 Å². The molecule has 0 saturated carbocycles. The molecule has 2 aromatic rings. The number of pyridine rings is 1. The lowest BCUT2D eigenvalue weighted by Crippen LogP contribution is -2.13. The molecule has 0 aliphatic rings. The van der Waals surface area contributed by atoms with Crippen molar-refractivity contribution in [3.05, 3.63) is 64.9 Å². The Morgan fingerprint density at radius 2 is 1.82 bits per heavy atom. The average Bonchev–Trinajstić information content (AvgIpc) is 2.44. The summed E-state index contributed by atoms with van der Waals surface area (Å²) in [6.07, 6.45) is 4.20. The Hall–Kier alpha value is -2.42. The third-order valence-corrected chi connectivity index (χ3v) is 3.19. The van der Waals surface area contributed by atoms with Gasteiger partial charge in [0.25, 0.3) is 5.91 Å². The van der Waals surface area contributed by atoms with Crippen LogP contribution in [0, 0.1) is 19.8 Å². The monoisotopic (exact) mass is 294 g/mol. The highest BCUT2D eigenvalue weighted by atomic mass is 16.1. The smallest absolute Gasteiger partial charge is 0.256 e. The van der Waals surface area contributed by atoms with Crippen molar-refractivity contribution in [2.75, 3.05) is 5.32 Å². The standard InChI is InChI=1S/C19H22N2O/c1-13(2)5-6-16-7-9-17(10-8-16)19(22)21-18-12-14(3)11-15(4)20-18/h5-13H,1-4H3,(H,20,21,22)/b6-5+. The molecule has 0 aliphatic heterocycles. The number of anilines is 1. The molecule has 0 fully saturated rings. The van der Waals surface area contributed by atoms with Crippen LogP contribution < -0.4 is 5.32 Å². The van der Waals surface area contributed by atoms with Crippen LogP contribution in [0.4, 0.5) is 5.82 Å². The van der Waals surface area contributed by atoms with Crippen molar-refractivity contribution in [3.63, 3.8) is 0 Å². The zero-order valence-electron chi connectivity index (χ0n) is 13.6. The highest BCUT2D eigenvalue weighted by Gasteiger charge is 2.07. The summed E-state index contributed by atoms with van der Waals surface area (Å²) in [4.78, 5) is 16.6. The number of carbonyl (C=O) groups excluding carboxylic acids is 1. The Morgan fingerprint density at radius 3 is 2.41 bits per heavy atom. The summed E-state index contributed by atoms with van der Waals surface area (Å²) in [5.74, 6) is 0.960. The molecule has 1 N–H and O–H groups in total. The van der Waals surface area contributed by atoms with Gasteiger partial charge in [0.15, 0.2) is 0 Å². The number of hydrogen-bond donors (Lipinski definition) is 1. The average molecular weight is 294 g/mol. The molecule has 2 rings (SSSR count). The van der Waals surface area contributed by atoms with Gasteiger partial charge in [-0.3, -0.25) is 4.79 Å². The summed E-state index contributed by atoms with van der Waals surface area (Å²) >= 11 is 0. The molecule has 0 saturated heterocycles. The van der Waals surface area contributed by atoms with E-state index in [1.54, 1.807) is 0 Å². The number of hydrogen-bond acceptors (Lipinski definition) is 2. The van der Waals surface area contributed by atoms with Crippen LogP contribution in [0.15, 0.2) is 42.5 Å². The highest BCUT2D eigenvalue weighted by molar-refractivity contribution is 6.03. The van der Waals surface area contributed by atoms with E-state index in [9.17, 15) is 4.79 Å². The second-order valence-electron chi connectivity index (χ2n) is 5.85. The predicted octanol–water partition coefficient (Wildman–Crippen LogP) is 4.62. The van der Waals surface area contributed by atoms with Crippen LogP contribution in [-0.4, -0.2) is 10.9 Å². The summed E-state index contributed by atoms with van der Waals surface area (Å²) in [5.41, 5.74) is 3.69. The number of rotatable bonds is 4. The van der Waals surface area contributed by atoms with Gasteiger partial charge in [-0.05, 0) is 55.2 Å². The molecule has 0 aliphatic carbocycles. The SMILES string of the molecule is Cc1cc(C)nc(NC(=O)c2ccc(/C=C/C(C)C)cc2)c1. The van der Waals surface area contributed by atoms with Gasteiger partial charge in [-0.2, -0.15) is 0 Å². The molecule has 0 bridgehead atoms. The van der Waals surface area contributed by atoms with Gasteiger partial charge in [0.2, 0.25) is 0 Å². The van der Waals surface area contributed by atoms with Crippen molar-refractivity contribution >= 4 is 17.8 Å². The van der Waals surface area contributed by atoms with E-state index in [4.69, 9.17) is 0 Å². The van der Waals surface area contributed by atoms with Crippen LogP contribution in [-0.2, 0) is 0 Å². The largest absolute Gasteiger partial charge is 0.307 e. The molecule has 3 nitrogen and oxygen atoms in total. The summed E-state index contributed by atoms with van der Waals surface area (Å²) in [6.45, 7) is 8.17. The third kappa shape index (κ3) is 4.55. The van der Waals surface area contributed by atoms with Crippen LogP contribution in [0.2, 0.25) is 0 Å². The molecule has 1 amide bonds. The number of nitrogens with one attached hydrogen (secondary N) is 1. The Kier molecular flexibility index (Phi) is 5.10. The lowest BCUT2D eigenvalue weighted by molar-refractivity contribution is 0.102. The Morgan fingerprint density at radius 1 is 1.14 bits per heavy atom. The fraction of sp³-hybridized carbons (Fsp3) is 0.263. The Labute approximate surface area is 132 Å². The van der Waals surface area contributed by atoms with Crippen molar-refractivity contribution in [3.8, 4) is 0 Å². The molecule has 0 atom stereocenters. The number of aryl methyl sites for hydroxylation is 2. The maximum Gasteiger partial charge on any atom is 0.256 e.